The largest absolute Gasteiger partial charge is 0.444 e. The Hall–Kier alpha value is -2.03. The van der Waals surface area contributed by atoms with Gasteiger partial charge in [-0.1, -0.05) is 6.92 Å². The van der Waals surface area contributed by atoms with E-state index in [1.165, 1.54) is 0 Å². The normalized spacial score (nSPS) is 10.8. The third-order valence-electron chi connectivity index (χ3n) is 1.86. The van der Waals surface area contributed by atoms with Gasteiger partial charge < -0.3 is 9.15 Å². The Labute approximate surface area is 106 Å². The molecule has 1 aromatic heterocycles. The van der Waals surface area contributed by atoms with Gasteiger partial charge >= 0.3 is 6.09 Å². The van der Waals surface area contributed by atoms with Crippen molar-refractivity contribution in [3.05, 3.63) is 11.6 Å². The first-order valence-electron chi connectivity index (χ1n) is 5.75. The highest BCUT2D eigenvalue weighted by Gasteiger charge is 2.20. The molecule has 6 nitrogen and oxygen atoms in total. The van der Waals surface area contributed by atoms with Gasteiger partial charge in [0.1, 0.15) is 11.7 Å². The number of oxazole rings is 1. The Bertz CT molecular complexity index is 466. The van der Waals surface area contributed by atoms with Gasteiger partial charge in [0.05, 0.1) is 0 Å². The molecule has 1 amide bonds. The van der Waals surface area contributed by atoms with Crippen LogP contribution in [-0.2, 0) is 11.2 Å². The van der Waals surface area contributed by atoms with Crippen molar-refractivity contribution in [2.75, 3.05) is 5.32 Å². The maximum atomic E-state index is 11.5. The van der Waals surface area contributed by atoms with Crippen LogP contribution in [0.25, 0.3) is 0 Å². The van der Waals surface area contributed by atoms with Crippen molar-refractivity contribution in [1.29, 1.82) is 5.26 Å². The van der Waals surface area contributed by atoms with E-state index in [4.69, 9.17) is 14.4 Å². The average molecular weight is 251 g/mol. The fourth-order valence-electron chi connectivity index (χ4n) is 1.24. The van der Waals surface area contributed by atoms with Crippen LogP contribution in [0.5, 0.6) is 0 Å². The van der Waals surface area contributed by atoms with Gasteiger partial charge in [-0.2, -0.15) is 5.26 Å². The number of hydrogen-bond acceptors (Lipinski definition) is 5. The number of aromatic nitrogens is 1. The maximum Gasteiger partial charge on any atom is 0.414 e. The van der Waals surface area contributed by atoms with Crippen LogP contribution >= 0.6 is 0 Å². The summed E-state index contributed by atoms with van der Waals surface area (Å²) in [5, 5.41) is 11.3. The molecule has 0 aliphatic heterocycles. The van der Waals surface area contributed by atoms with E-state index in [0.29, 0.717) is 12.3 Å². The molecule has 18 heavy (non-hydrogen) atoms. The number of rotatable bonds is 3. The van der Waals surface area contributed by atoms with Crippen molar-refractivity contribution < 1.29 is 13.9 Å². The predicted molar refractivity (Wildman–Crippen MR) is 65.1 cm³/mol. The third-order valence-corrected chi connectivity index (χ3v) is 1.86. The minimum absolute atomic E-state index is 0.0372. The number of nitriles is 1. The second-order valence-electron chi connectivity index (χ2n) is 4.77. The number of hydrogen-bond donors (Lipinski definition) is 1. The molecule has 0 aliphatic carbocycles. The molecular formula is C12H17N3O3. The zero-order valence-electron chi connectivity index (χ0n) is 11.0. The van der Waals surface area contributed by atoms with Crippen LogP contribution in [0.15, 0.2) is 4.42 Å². The number of carbonyl (C=O) groups excluding carboxylic acids is 1. The van der Waals surface area contributed by atoms with Gasteiger partial charge in [-0.15, -0.1) is 0 Å². The molecule has 0 aromatic carbocycles. The second kappa shape index (κ2) is 5.54. The maximum absolute atomic E-state index is 11.5. The molecule has 0 unspecified atom stereocenters. The van der Waals surface area contributed by atoms with Crippen LogP contribution in [0.2, 0.25) is 0 Å². The fraction of sp³-hybridized carbons (Fsp3) is 0.583. The summed E-state index contributed by atoms with van der Waals surface area (Å²) in [5.41, 5.74) is -0.548. The molecule has 0 radical (unpaired) electrons. The first-order chi connectivity index (χ1) is 8.35. The van der Waals surface area contributed by atoms with Crippen molar-refractivity contribution >= 4 is 12.0 Å². The van der Waals surface area contributed by atoms with Crippen molar-refractivity contribution in [2.24, 2.45) is 0 Å². The monoisotopic (exact) mass is 251 g/mol. The number of amides is 1. The van der Waals surface area contributed by atoms with E-state index < -0.39 is 11.7 Å². The summed E-state index contributed by atoms with van der Waals surface area (Å²) in [6.07, 6.45) is 0.792. The smallest absolute Gasteiger partial charge is 0.414 e. The van der Waals surface area contributed by atoms with Gasteiger partial charge in [-0.05, 0) is 27.2 Å². The lowest BCUT2D eigenvalue weighted by molar-refractivity contribution is 0.0632. The van der Waals surface area contributed by atoms with Crippen LogP contribution in [-0.4, -0.2) is 16.7 Å². The Morgan fingerprint density at radius 3 is 2.72 bits per heavy atom. The fourth-order valence-corrected chi connectivity index (χ4v) is 1.24. The number of anilines is 1. The first kappa shape index (κ1) is 14.0. The summed E-state index contributed by atoms with van der Waals surface area (Å²) in [6.45, 7) is 7.22. The van der Waals surface area contributed by atoms with E-state index in [2.05, 4.69) is 10.3 Å². The van der Waals surface area contributed by atoms with E-state index in [1.54, 1.807) is 20.8 Å². The summed E-state index contributed by atoms with van der Waals surface area (Å²) >= 11 is 0. The molecule has 1 N–H and O–H groups in total. The van der Waals surface area contributed by atoms with E-state index in [-0.39, 0.29) is 11.6 Å². The molecule has 6 heteroatoms. The number of nitrogens with one attached hydrogen (secondary N) is 1. The van der Waals surface area contributed by atoms with Crippen LogP contribution in [0.3, 0.4) is 0 Å². The SMILES string of the molecule is CCCc1nc(C#N)c(NC(=O)OC(C)(C)C)o1. The van der Waals surface area contributed by atoms with Crippen molar-refractivity contribution in [3.63, 3.8) is 0 Å². The van der Waals surface area contributed by atoms with E-state index in [1.807, 2.05) is 13.0 Å². The minimum atomic E-state index is -0.668. The standard InChI is InChI=1S/C12H17N3O3/c1-5-6-9-14-8(7-13)10(17-9)15-11(16)18-12(2,3)4/h5-6H2,1-4H3,(H,15,16). The zero-order valence-corrected chi connectivity index (χ0v) is 11.0. The van der Waals surface area contributed by atoms with Crippen LogP contribution in [0.1, 0.15) is 45.7 Å². The zero-order chi connectivity index (χ0) is 13.8. The number of nitrogens with zero attached hydrogens (tertiary/aromatic N) is 2. The number of aryl methyl sites for hydroxylation is 1. The van der Waals surface area contributed by atoms with Crippen molar-refractivity contribution in [2.45, 2.75) is 46.1 Å². The van der Waals surface area contributed by atoms with Crippen molar-refractivity contribution in [3.8, 4) is 6.07 Å². The van der Waals surface area contributed by atoms with E-state index in [9.17, 15) is 4.79 Å². The summed E-state index contributed by atoms with van der Waals surface area (Å²) in [7, 11) is 0. The Morgan fingerprint density at radius 2 is 2.22 bits per heavy atom. The highest BCUT2D eigenvalue weighted by Crippen LogP contribution is 2.18. The molecule has 1 rings (SSSR count). The molecule has 1 aromatic rings. The number of ether oxygens (including phenoxy) is 1. The Morgan fingerprint density at radius 1 is 1.56 bits per heavy atom. The Kier molecular flexibility index (Phi) is 4.32. The third kappa shape index (κ3) is 4.09. The lowest BCUT2D eigenvalue weighted by Gasteiger charge is -2.18. The van der Waals surface area contributed by atoms with Gasteiger partial charge in [-0.3, -0.25) is 5.32 Å². The molecule has 0 spiro atoms. The van der Waals surface area contributed by atoms with Crippen LogP contribution in [0.4, 0.5) is 10.7 Å². The summed E-state index contributed by atoms with van der Waals surface area (Å²) in [4.78, 5) is 15.5. The molecule has 0 bridgehead atoms. The quantitative estimate of drug-likeness (QED) is 0.892. The molecule has 0 saturated carbocycles. The first-order valence-corrected chi connectivity index (χ1v) is 5.75. The summed E-state index contributed by atoms with van der Waals surface area (Å²) < 4.78 is 10.3. The van der Waals surface area contributed by atoms with Crippen LogP contribution in [0, 0.1) is 11.3 Å². The van der Waals surface area contributed by atoms with Gasteiger partial charge in [0.15, 0.2) is 5.89 Å². The molecule has 1 heterocycles. The van der Waals surface area contributed by atoms with Gasteiger partial charge in [0.2, 0.25) is 11.6 Å². The molecule has 0 saturated heterocycles. The van der Waals surface area contributed by atoms with Crippen LogP contribution < -0.4 is 5.32 Å². The second-order valence-corrected chi connectivity index (χ2v) is 4.77. The predicted octanol–water partition coefficient (Wildman–Crippen LogP) is 2.85. The van der Waals surface area contributed by atoms with Crippen molar-refractivity contribution in [1.82, 2.24) is 4.98 Å². The lowest BCUT2D eigenvalue weighted by Crippen LogP contribution is -2.27. The molecule has 0 aliphatic rings. The highest BCUT2D eigenvalue weighted by molar-refractivity contribution is 5.84. The minimum Gasteiger partial charge on any atom is -0.444 e. The molecule has 98 valence electrons. The van der Waals surface area contributed by atoms with E-state index >= 15 is 0 Å². The summed E-state index contributed by atoms with van der Waals surface area (Å²) in [5.74, 6) is 0.468. The summed E-state index contributed by atoms with van der Waals surface area (Å²) in [6, 6.07) is 1.87. The average Bonchev–Trinajstić information content (AvgIpc) is 2.57. The highest BCUT2D eigenvalue weighted by atomic mass is 16.6. The lowest BCUT2D eigenvalue weighted by atomic mass is 10.2. The van der Waals surface area contributed by atoms with Gasteiger partial charge in [-0.25, -0.2) is 9.78 Å². The Balaban J connectivity index is 2.78. The molecule has 0 fully saturated rings. The molecular weight excluding hydrogens is 234 g/mol. The topological polar surface area (TPSA) is 88.2 Å². The van der Waals surface area contributed by atoms with Gasteiger partial charge in [0.25, 0.3) is 0 Å². The van der Waals surface area contributed by atoms with Gasteiger partial charge in [0, 0.05) is 6.42 Å². The number of carbonyl (C=O) groups is 1. The molecule has 0 atom stereocenters. The van der Waals surface area contributed by atoms with E-state index in [0.717, 1.165) is 6.42 Å².